The summed E-state index contributed by atoms with van der Waals surface area (Å²) in [5.74, 6) is 1.11. The van der Waals surface area contributed by atoms with Crippen molar-refractivity contribution in [2.45, 2.75) is 57.5 Å². The van der Waals surface area contributed by atoms with Gasteiger partial charge in [0.1, 0.15) is 5.82 Å². The van der Waals surface area contributed by atoms with Gasteiger partial charge in [-0.05, 0) is 43.5 Å². The average Bonchev–Trinajstić information content (AvgIpc) is 3.22. The van der Waals surface area contributed by atoms with Gasteiger partial charge in [0.05, 0.1) is 6.54 Å². The number of rotatable bonds is 8. The first-order valence-electron chi connectivity index (χ1n) is 10.2. The largest absolute Gasteiger partial charge is 0.338 e. The molecule has 1 aliphatic carbocycles. The van der Waals surface area contributed by atoms with E-state index in [1.807, 2.05) is 24.3 Å². The molecule has 1 aliphatic rings. The van der Waals surface area contributed by atoms with Gasteiger partial charge in [-0.15, -0.1) is 12.4 Å². The molecule has 3 rings (SSSR count). The first-order chi connectivity index (χ1) is 14.1. The molecule has 0 saturated heterocycles. The summed E-state index contributed by atoms with van der Waals surface area (Å²) in [6.07, 6.45) is 6.65. The number of nitrogens with one attached hydrogen (secondary N) is 4. The van der Waals surface area contributed by atoms with Crippen molar-refractivity contribution >= 4 is 30.0 Å². The van der Waals surface area contributed by atoms with E-state index in [1.165, 1.54) is 19.3 Å². The van der Waals surface area contributed by atoms with Gasteiger partial charge in [-0.3, -0.25) is 9.89 Å². The number of nitrogens with zero attached hydrogens (tertiary/aromatic N) is 2. The molecule has 1 fully saturated rings. The summed E-state index contributed by atoms with van der Waals surface area (Å²) in [5, 5.41) is 15.6. The number of carbonyl (C=O) groups excluding carboxylic acids is 2. The van der Waals surface area contributed by atoms with Gasteiger partial charge >= 0.3 is 6.03 Å². The van der Waals surface area contributed by atoms with Crippen molar-refractivity contribution < 1.29 is 9.59 Å². The predicted octanol–water partition coefficient (Wildman–Crippen LogP) is 2.70. The number of carbonyl (C=O) groups is 2. The molecule has 0 unspecified atom stereocenters. The van der Waals surface area contributed by atoms with E-state index >= 15 is 0 Å². The summed E-state index contributed by atoms with van der Waals surface area (Å²) in [7, 11) is 0. The highest BCUT2D eigenvalue weighted by Gasteiger charge is 2.15. The molecule has 0 aliphatic heterocycles. The van der Waals surface area contributed by atoms with E-state index in [-0.39, 0.29) is 30.4 Å². The van der Waals surface area contributed by atoms with Crippen LogP contribution in [0.4, 0.5) is 10.5 Å². The topological polar surface area (TPSA) is 138 Å². The Balaban J connectivity index is 0.00000320. The van der Waals surface area contributed by atoms with E-state index in [9.17, 15) is 9.59 Å². The molecular formula is C20H30ClN7O2. The number of nitrogens with two attached hydrogens (primary N) is 1. The van der Waals surface area contributed by atoms with E-state index in [0.717, 1.165) is 18.4 Å². The van der Waals surface area contributed by atoms with E-state index in [2.05, 4.69) is 31.1 Å². The Morgan fingerprint density at radius 1 is 1.13 bits per heavy atom. The lowest BCUT2D eigenvalue weighted by Gasteiger charge is -2.22. The van der Waals surface area contributed by atoms with Crippen LogP contribution in [-0.2, 0) is 11.3 Å². The first-order valence-corrected chi connectivity index (χ1v) is 10.2. The van der Waals surface area contributed by atoms with Crippen molar-refractivity contribution in [1.29, 1.82) is 0 Å². The molecule has 1 aromatic heterocycles. The second-order valence-electron chi connectivity index (χ2n) is 7.27. The number of amides is 3. The van der Waals surface area contributed by atoms with Crippen LogP contribution in [0.1, 0.15) is 50.8 Å². The van der Waals surface area contributed by atoms with Crippen LogP contribution in [0.25, 0.3) is 11.4 Å². The Kier molecular flexibility index (Phi) is 9.56. The van der Waals surface area contributed by atoms with Crippen LogP contribution in [0.2, 0.25) is 0 Å². The van der Waals surface area contributed by atoms with Crippen LogP contribution in [0.3, 0.4) is 0 Å². The molecule has 0 radical (unpaired) electrons. The molecule has 30 heavy (non-hydrogen) atoms. The third-order valence-corrected chi connectivity index (χ3v) is 4.96. The van der Waals surface area contributed by atoms with Crippen molar-refractivity contribution in [3.8, 4) is 11.4 Å². The lowest BCUT2D eigenvalue weighted by molar-refractivity contribution is -0.116. The van der Waals surface area contributed by atoms with E-state index in [1.54, 1.807) is 0 Å². The normalized spacial score (nSPS) is 13.9. The first kappa shape index (κ1) is 23.6. The Morgan fingerprint density at radius 3 is 2.53 bits per heavy atom. The Labute approximate surface area is 182 Å². The fourth-order valence-electron chi connectivity index (χ4n) is 3.38. The van der Waals surface area contributed by atoms with Gasteiger partial charge < -0.3 is 21.7 Å². The van der Waals surface area contributed by atoms with Crippen LogP contribution in [0.15, 0.2) is 24.3 Å². The number of halogens is 1. The number of H-pyrrole nitrogens is 1. The SMILES string of the molecule is Cl.NCc1nc(-c2ccc(NC(=O)CCCNC(=O)NC3CCCCC3)cc2)n[nH]1. The molecule has 0 atom stereocenters. The van der Waals surface area contributed by atoms with E-state index in [4.69, 9.17) is 5.73 Å². The minimum Gasteiger partial charge on any atom is -0.338 e. The molecular weight excluding hydrogens is 406 g/mol. The van der Waals surface area contributed by atoms with Crippen molar-refractivity contribution in [2.24, 2.45) is 5.73 Å². The molecule has 164 valence electrons. The maximum Gasteiger partial charge on any atom is 0.315 e. The average molecular weight is 436 g/mol. The van der Waals surface area contributed by atoms with Gasteiger partial charge in [-0.1, -0.05) is 19.3 Å². The highest BCUT2D eigenvalue weighted by molar-refractivity contribution is 5.90. The fraction of sp³-hybridized carbons (Fsp3) is 0.500. The maximum atomic E-state index is 12.1. The molecule has 1 saturated carbocycles. The number of hydrogen-bond donors (Lipinski definition) is 5. The highest BCUT2D eigenvalue weighted by Crippen LogP contribution is 2.18. The van der Waals surface area contributed by atoms with Crippen LogP contribution in [0.5, 0.6) is 0 Å². The second-order valence-corrected chi connectivity index (χ2v) is 7.27. The maximum absolute atomic E-state index is 12.1. The molecule has 1 aromatic carbocycles. The summed E-state index contributed by atoms with van der Waals surface area (Å²) in [6.45, 7) is 0.775. The molecule has 3 amide bonds. The number of aromatic amines is 1. The highest BCUT2D eigenvalue weighted by atomic mass is 35.5. The molecule has 9 nitrogen and oxygen atoms in total. The van der Waals surface area contributed by atoms with Gasteiger partial charge in [-0.25, -0.2) is 9.78 Å². The van der Waals surface area contributed by atoms with Crippen LogP contribution >= 0.6 is 12.4 Å². The van der Waals surface area contributed by atoms with Gasteiger partial charge in [0.2, 0.25) is 5.91 Å². The monoisotopic (exact) mass is 435 g/mol. The zero-order valence-corrected chi connectivity index (χ0v) is 17.8. The number of aromatic nitrogens is 3. The van der Waals surface area contributed by atoms with Gasteiger partial charge in [0, 0.05) is 30.3 Å². The van der Waals surface area contributed by atoms with Crippen LogP contribution in [-0.4, -0.2) is 39.7 Å². The Bertz CT molecular complexity index is 804. The Hall–Kier alpha value is -2.65. The van der Waals surface area contributed by atoms with Crippen molar-refractivity contribution in [3.05, 3.63) is 30.1 Å². The molecule has 6 N–H and O–H groups in total. The van der Waals surface area contributed by atoms with E-state index < -0.39 is 0 Å². The predicted molar refractivity (Wildman–Crippen MR) is 118 cm³/mol. The molecule has 1 heterocycles. The summed E-state index contributed by atoms with van der Waals surface area (Å²) in [4.78, 5) is 28.2. The third kappa shape index (κ3) is 7.31. The minimum absolute atomic E-state index is 0. The lowest BCUT2D eigenvalue weighted by Crippen LogP contribution is -2.43. The molecule has 0 spiro atoms. The molecule has 2 aromatic rings. The second kappa shape index (κ2) is 12.1. The lowest BCUT2D eigenvalue weighted by atomic mass is 9.96. The molecule has 10 heteroatoms. The minimum atomic E-state index is -0.141. The standard InChI is InChI=1S/C20H29N7O2.ClH/c21-13-17-25-19(27-26-17)14-8-10-16(11-9-14)23-18(28)7-4-12-22-20(29)24-15-5-2-1-3-6-15;/h8-11,15H,1-7,12-13,21H2,(H,23,28)(H2,22,24,29)(H,25,26,27);1H. The number of benzene rings is 1. The fourth-order valence-corrected chi connectivity index (χ4v) is 3.38. The van der Waals surface area contributed by atoms with Gasteiger partial charge in [0.25, 0.3) is 0 Å². The zero-order chi connectivity index (χ0) is 20.5. The molecule has 0 bridgehead atoms. The third-order valence-electron chi connectivity index (χ3n) is 4.96. The summed E-state index contributed by atoms with van der Waals surface area (Å²) in [5.41, 5.74) is 7.07. The Morgan fingerprint density at radius 2 is 1.87 bits per heavy atom. The summed E-state index contributed by atoms with van der Waals surface area (Å²) < 4.78 is 0. The van der Waals surface area contributed by atoms with Crippen LogP contribution < -0.4 is 21.7 Å². The van der Waals surface area contributed by atoms with Crippen LogP contribution in [0, 0.1) is 0 Å². The number of hydrogen-bond acceptors (Lipinski definition) is 5. The zero-order valence-electron chi connectivity index (χ0n) is 16.9. The van der Waals surface area contributed by atoms with Gasteiger partial charge in [0.15, 0.2) is 5.82 Å². The van der Waals surface area contributed by atoms with Crippen molar-refractivity contribution in [3.63, 3.8) is 0 Å². The number of urea groups is 1. The number of anilines is 1. The quantitative estimate of drug-likeness (QED) is 0.406. The van der Waals surface area contributed by atoms with E-state index in [0.29, 0.717) is 43.3 Å². The van der Waals surface area contributed by atoms with Crippen molar-refractivity contribution in [2.75, 3.05) is 11.9 Å². The van der Waals surface area contributed by atoms with Crippen molar-refractivity contribution in [1.82, 2.24) is 25.8 Å². The smallest absolute Gasteiger partial charge is 0.315 e. The van der Waals surface area contributed by atoms with Gasteiger partial charge in [-0.2, -0.15) is 5.10 Å². The summed E-state index contributed by atoms with van der Waals surface area (Å²) in [6, 6.07) is 7.45. The summed E-state index contributed by atoms with van der Waals surface area (Å²) >= 11 is 0.